The number of hydrogen-bond donors (Lipinski definition) is 1. The van der Waals surface area contributed by atoms with Crippen LogP contribution in [-0.2, 0) is 13.1 Å². The number of aromatic amines is 1. The Labute approximate surface area is 183 Å². The zero-order chi connectivity index (χ0) is 21.6. The third-order valence-electron chi connectivity index (χ3n) is 6.01. The maximum atomic E-state index is 13.2. The minimum atomic E-state index is 0.00875. The standard InChI is InChI=1S/C25H30N4O2/c1-28(16-19-9-4-3-5-10-19)25(30)22-15-26-27-24(22)21-12-8-14-29(18-21)17-20-11-6-7-13-23(20)31-2/h3-7,9-11,13,15,21H,8,12,14,16-18H2,1-2H3,(H,26,27)/t21-/m0/s1. The highest BCUT2D eigenvalue weighted by atomic mass is 16.5. The summed E-state index contributed by atoms with van der Waals surface area (Å²) in [7, 11) is 3.56. The predicted molar refractivity (Wildman–Crippen MR) is 121 cm³/mol. The van der Waals surface area contributed by atoms with E-state index >= 15 is 0 Å². The van der Waals surface area contributed by atoms with Crippen LogP contribution >= 0.6 is 0 Å². The number of aromatic nitrogens is 2. The summed E-state index contributed by atoms with van der Waals surface area (Å²) in [6.45, 7) is 3.35. The molecule has 162 valence electrons. The van der Waals surface area contributed by atoms with Crippen LogP contribution in [0.25, 0.3) is 0 Å². The number of carbonyl (C=O) groups excluding carboxylic acids is 1. The van der Waals surface area contributed by atoms with E-state index in [1.54, 1.807) is 18.2 Å². The molecule has 1 N–H and O–H groups in total. The number of amides is 1. The van der Waals surface area contributed by atoms with Gasteiger partial charge < -0.3 is 9.64 Å². The summed E-state index contributed by atoms with van der Waals surface area (Å²) in [6, 6.07) is 18.2. The molecular formula is C25H30N4O2. The van der Waals surface area contributed by atoms with Gasteiger partial charge in [-0.25, -0.2) is 0 Å². The lowest BCUT2D eigenvalue weighted by atomic mass is 9.92. The van der Waals surface area contributed by atoms with E-state index in [4.69, 9.17) is 4.74 Å². The highest BCUT2D eigenvalue weighted by Gasteiger charge is 2.28. The van der Waals surface area contributed by atoms with Crippen molar-refractivity contribution in [3.05, 3.63) is 83.2 Å². The number of nitrogens with zero attached hydrogens (tertiary/aromatic N) is 3. The summed E-state index contributed by atoms with van der Waals surface area (Å²) >= 11 is 0. The summed E-state index contributed by atoms with van der Waals surface area (Å²) in [4.78, 5) is 17.4. The first kappa shape index (κ1) is 21.1. The van der Waals surface area contributed by atoms with Crippen LogP contribution in [0.15, 0.2) is 60.8 Å². The number of carbonyl (C=O) groups is 1. The Morgan fingerprint density at radius 3 is 2.77 bits per heavy atom. The molecule has 31 heavy (non-hydrogen) atoms. The third kappa shape index (κ3) is 4.97. The van der Waals surface area contributed by atoms with Crippen molar-refractivity contribution in [3.63, 3.8) is 0 Å². The van der Waals surface area contributed by atoms with Crippen LogP contribution in [0, 0.1) is 0 Å². The average Bonchev–Trinajstić information content (AvgIpc) is 3.30. The summed E-state index contributed by atoms with van der Waals surface area (Å²) in [5, 5.41) is 7.37. The van der Waals surface area contributed by atoms with Crippen LogP contribution < -0.4 is 4.74 Å². The second-order valence-electron chi connectivity index (χ2n) is 8.23. The van der Waals surface area contributed by atoms with Gasteiger partial charge in [-0.05, 0) is 31.0 Å². The minimum absolute atomic E-state index is 0.00875. The van der Waals surface area contributed by atoms with Crippen molar-refractivity contribution in [2.75, 3.05) is 27.2 Å². The molecular weight excluding hydrogens is 388 g/mol. The molecule has 0 unspecified atom stereocenters. The predicted octanol–water partition coefficient (Wildman–Crippen LogP) is 4.07. The fraction of sp³-hybridized carbons (Fsp3) is 0.360. The number of hydrogen-bond acceptors (Lipinski definition) is 4. The van der Waals surface area contributed by atoms with Gasteiger partial charge in [-0.15, -0.1) is 0 Å². The van der Waals surface area contributed by atoms with Crippen molar-refractivity contribution < 1.29 is 9.53 Å². The fourth-order valence-electron chi connectivity index (χ4n) is 4.42. The number of rotatable bonds is 7. The zero-order valence-electron chi connectivity index (χ0n) is 18.3. The van der Waals surface area contributed by atoms with E-state index in [0.29, 0.717) is 12.1 Å². The SMILES string of the molecule is COc1ccccc1CN1CCC[C@H](c2[nH]ncc2C(=O)N(C)Cc2ccccc2)C1. The lowest BCUT2D eigenvalue weighted by Gasteiger charge is -2.33. The Bertz CT molecular complexity index is 1000. The topological polar surface area (TPSA) is 61.5 Å². The zero-order valence-corrected chi connectivity index (χ0v) is 18.3. The molecule has 6 nitrogen and oxygen atoms in total. The summed E-state index contributed by atoms with van der Waals surface area (Å²) < 4.78 is 5.52. The Morgan fingerprint density at radius 2 is 1.97 bits per heavy atom. The molecule has 0 saturated carbocycles. The summed E-state index contributed by atoms with van der Waals surface area (Å²) in [5.74, 6) is 1.19. The van der Waals surface area contributed by atoms with Gasteiger partial charge in [-0.1, -0.05) is 48.5 Å². The van der Waals surface area contributed by atoms with Crippen LogP contribution in [0.1, 0.15) is 45.9 Å². The highest BCUT2D eigenvalue weighted by molar-refractivity contribution is 5.95. The van der Waals surface area contributed by atoms with Crippen LogP contribution in [0.4, 0.5) is 0 Å². The number of benzene rings is 2. The Kier molecular flexibility index (Phi) is 6.67. The summed E-state index contributed by atoms with van der Waals surface area (Å²) in [5.41, 5.74) is 3.94. The number of nitrogens with one attached hydrogen (secondary N) is 1. The van der Waals surface area contributed by atoms with Crippen LogP contribution in [0.3, 0.4) is 0 Å². The van der Waals surface area contributed by atoms with Gasteiger partial charge in [0.1, 0.15) is 5.75 Å². The lowest BCUT2D eigenvalue weighted by molar-refractivity contribution is 0.0782. The van der Waals surface area contributed by atoms with Gasteiger partial charge in [0, 0.05) is 38.2 Å². The van der Waals surface area contributed by atoms with Gasteiger partial charge in [-0.3, -0.25) is 14.8 Å². The van der Waals surface area contributed by atoms with Gasteiger partial charge >= 0.3 is 0 Å². The lowest BCUT2D eigenvalue weighted by Crippen LogP contribution is -2.35. The number of ether oxygens (including phenoxy) is 1. The number of likely N-dealkylation sites (tertiary alicyclic amines) is 1. The van der Waals surface area contributed by atoms with Crippen LogP contribution in [-0.4, -0.2) is 53.2 Å². The van der Waals surface area contributed by atoms with E-state index in [1.807, 2.05) is 55.6 Å². The molecule has 0 aliphatic carbocycles. The van der Waals surface area contributed by atoms with E-state index < -0.39 is 0 Å². The van der Waals surface area contributed by atoms with Gasteiger partial charge in [0.2, 0.25) is 0 Å². The van der Waals surface area contributed by atoms with E-state index in [-0.39, 0.29) is 11.8 Å². The molecule has 4 rings (SSSR count). The molecule has 1 aromatic heterocycles. The maximum Gasteiger partial charge on any atom is 0.257 e. The average molecular weight is 419 g/mol. The van der Waals surface area contributed by atoms with Crippen molar-refractivity contribution in [1.29, 1.82) is 0 Å². The van der Waals surface area contributed by atoms with Crippen LogP contribution in [0.5, 0.6) is 5.75 Å². The third-order valence-corrected chi connectivity index (χ3v) is 6.01. The highest BCUT2D eigenvalue weighted by Crippen LogP contribution is 2.30. The molecule has 1 saturated heterocycles. The van der Waals surface area contributed by atoms with E-state index in [9.17, 15) is 4.79 Å². The largest absolute Gasteiger partial charge is 0.496 e. The number of methoxy groups -OCH3 is 1. The molecule has 0 bridgehead atoms. The monoisotopic (exact) mass is 418 g/mol. The van der Waals surface area contributed by atoms with Gasteiger partial charge in [-0.2, -0.15) is 5.10 Å². The second-order valence-corrected chi connectivity index (χ2v) is 8.23. The number of H-pyrrole nitrogens is 1. The van der Waals surface area contributed by atoms with Crippen molar-refractivity contribution in [3.8, 4) is 5.75 Å². The van der Waals surface area contributed by atoms with Gasteiger partial charge in [0.05, 0.1) is 24.6 Å². The molecule has 0 spiro atoms. The Morgan fingerprint density at radius 1 is 1.19 bits per heavy atom. The normalized spacial score (nSPS) is 16.8. The molecule has 2 aromatic carbocycles. The van der Waals surface area contributed by atoms with E-state index in [1.165, 1.54) is 5.56 Å². The first-order valence-electron chi connectivity index (χ1n) is 10.8. The van der Waals surface area contributed by atoms with Crippen molar-refractivity contribution in [2.24, 2.45) is 0 Å². The molecule has 1 fully saturated rings. The van der Waals surface area contributed by atoms with E-state index in [2.05, 4.69) is 21.2 Å². The van der Waals surface area contributed by atoms with E-state index in [0.717, 1.165) is 49.5 Å². The van der Waals surface area contributed by atoms with Gasteiger partial charge in [0.15, 0.2) is 0 Å². The maximum absolute atomic E-state index is 13.2. The Hall–Kier alpha value is -3.12. The van der Waals surface area contributed by atoms with Crippen molar-refractivity contribution >= 4 is 5.91 Å². The smallest absolute Gasteiger partial charge is 0.257 e. The molecule has 1 aliphatic heterocycles. The molecule has 6 heteroatoms. The molecule has 1 amide bonds. The second kappa shape index (κ2) is 9.79. The molecule has 2 heterocycles. The summed E-state index contributed by atoms with van der Waals surface area (Å²) in [6.07, 6.45) is 3.82. The molecule has 1 aliphatic rings. The Balaban J connectivity index is 1.45. The minimum Gasteiger partial charge on any atom is -0.496 e. The van der Waals surface area contributed by atoms with Gasteiger partial charge in [0.25, 0.3) is 5.91 Å². The number of piperidine rings is 1. The first-order chi connectivity index (χ1) is 15.2. The molecule has 1 atom stereocenters. The molecule has 0 radical (unpaired) electrons. The van der Waals surface area contributed by atoms with Crippen molar-refractivity contribution in [1.82, 2.24) is 20.0 Å². The number of para-hydroxylation sites is 1. The quantitative estimate of drug-likeness (QED) is 0.628. The molecule has 3 aromatic rings. The first-order valence-corrected chi connectivity index (χ1v) is 10.8. The van der Waals surface area contributed by atoms with Crippen molar-refractivity contribution in [2.45, 2.75) is 31.8 Å². The fourth-order valence-corrected chi connectivity index (χ4v) is 4.42. The van der Waals surface area contributed by atoms with Crippen LogP contribution in [0.2, 0.25) is 0 Å².